The van der Waals surface area contributed by atoms with Crippen LogP contribution in [-0.2, 0) is 20.1 Å². The van der Waals surface area contributed by atoms with Crippen LogP contribution in [0.15, 0.2) is 53.9 Å². The van der Waals surface area contributed by atoms with Gasteiger partial charge in [0.15, 0.2) is 0 Å². The van der Waals surface area contributed by atoms with Gasteiger partial charge in [0.05, 0.1) is 12.2 Å². The molecule has 1 aliphatic rings. The first kappa shape index (κ1) is 20.5. The molecule has 1 aromatic carbocycles. The van der Waals surface area contributed by atoms with E-state index in [1.807, 2.05) is 42.9 Å². The first-order valence-electron chi connectivity index (χ1n) is 7.51. The second kappa shape index (κ2) is 9.80. The van der Waals surface area contributed by atoms with Gasteiger partial charge in [0.1, 0.15) is 11.9 Å². The third-order valence-corrected chi connectivity index (χ3v) is 3.13. The van der Waals surface area contributed by atoms with Crippen molar-refractivity contribution in [1.82, 2.24) is 19.9 Å². The van der Waals surface area contributed by atoms with Gasteiger partial charge in [-0.1, -0.05) is 17.3 Å². The number of aromatic nitrogens is 3. The van der Waals surface area contributed by atoms with E-state index in [9.17, 15) is 8.78 Å². The van der Waals surface area contributed by atoms with Crippen LogP contribution in [0.5, 0.6) is 0 Å². The third kappa shape index (κ3) is 5.60. The van der Waals surface area contributed by atoms with Crippen molar-refractivity contribution in [3.63, 3.8) is 0 Å². The van der Waals surface area contributed by atoms with Gasteiger partial charge in [-0.3, -0.25) is 15.0 Å². The number of benzene rings is 1. The Morgan fingerprint density at radius 1 is 1.07 bits per heavy atom. The normalized spacial score (nSPS) is 12.3. The van der Waals surface area contributed by atoms with Crippen LogP contribution in [0.2, 0.25) is 0 Å². The van der Waals surface area contributed by atoms with Crippen LogP contribution in [0.25, 0.3) is 11.4 Å². The third-order valence-electron chi connectivity index (χ3n) is 3.13. The van der Waals surface area contributed by atoms with E-state index >= 15 is 0 Å². The number of para-hydroxylation sites is 1. The van der Waals surface area contributed by atoms with Gasteiger partial charge in [-0.2, -0.15) is 29.4 Å². The predicted octanol–water partition coefficient (Wildman–Crippen LogP) is 2.92. The molecule has 138 valence electrons. The monoisotopic (exact) mass is 544 g/mol. The summed E-state index contributed by atoms with van der Waals surface area (Å²) in [4.78, 5) is 12.5. The molecular weight excluding hydrogens is 530 g/mol. The van der Waals surface area contributed by atoms with Gasteiger partial charge in [-0.15, -0.1) is 18.8 Å². The molecule has 4 rings (SSSR count). The summed E-state index contributed by atoms with van der Waals surface area (Å²) in [7, 11) is 1.94. The molecule has 0 amide bonds. The van der Waals surface area contributed by atoms with E-state index in [2.05, 4.69) is 32.2 Å². The van der Waals surface area contributed by atoms with Gasteiger partial charge in [0.2, 0.25) is 0 Å². The van der Waals surface area contributed by atoms with Crippen LogP contribution in [0.4, 0.5) is 14.5 Å². The maximum absolute atomic E-state index is 13.1. The fourth-order valence-electron chi connectivity index (χ4n) is 1.98. The molecule has 9 heteroatoms. The number of hydrazone groups is 1. The molecule has 0 saturated carbocycles. The molecule has 0 N–H and O–H groups in total. The largest absolute Gasteiger partial charge is 3.00 e. The van der Waals surface area contributed by atoms with Crippen LogP contribution in [0, 0.1) is 30.7 Å². The first-order chi connectivity index (χ1) is 12.6. The second-order valence-electron chi connectivity index (χ2n) is 5.07. The van der Waals surface area contributed by atoms with Gasteiger partial charge in [-0.25, -0.2) is 8.78 Å². The Morgan fingerprint density at radius 2 is 1.85 bits per heavy atom. The van der Waals surface area contributed by atoms with Crippen molar-refractivity contribution in [3.05, 3.63) is 79.5 Å². The maximum Gasteiger partial charge on any atom is 3.00 e. The van der Waals surface area contributed by atoms with Gasteiger partial charge >= 0.3 is 20.1 Å². The molecule has 0 aliphatic carbocycles. The summed E-state index contributed by atoms with van der Waals surface area (Å²) in [5.41, 5.74) is 0.921. The van der Waals surface area contributed by atoms with E-state index < -0.39 is 11.9 Å². The van der Waals surface area contributed by atoms with Gasteiger partial charge in [0.25, 0.3) is 0 Å². The van der Waals surface area contributed by atoms with E-state index in [0.717, 1.165) is 11.8 Å². The maximum atomic E-state index is 13.1. The molecule has 0 saturated heterocycles. The zero-order valence-corrected chi connectivity index (χ0v) is 16.4. The molecule has 0 bridgehead atoms. The van der Waals surface area contributed by atoms with E-state index in [0.29, 0.717) is 0 Å². The van der Waals surface area contributed by atoms with Crippen LogP contribution in [0.1, 0.15) is 0 Å². The molecule has 0 unspecified atom stereocenters. The number of anilines is 1. The van der Waals surface area contributed by atoms with Crippen LogP contribution >= 0.6 is 0 Å². The van der Waals surface area contributed by atoms with Crippen molar-refractivity contribution < 1.29 is 28.9 Å². The standard InChI is InChI=1S/C9H4F2N3.C9H9N3.Ir/c10-7-3-2-6(8(11)14-7)9-12-4-1-5-13-9;1-11-7-10-12(8-11)9-5-3-2-4-6-9;/h1,3-5H;2-5,7-8H,1H3;/q-1;-2;+3. The van der Waals surface area contributed by atoms with E-state index in [-0.39, 0.29) is 31.5 Å². The van der Waals surface area contributed by atoms with Crippen LogP contribution in [0.3, 0.4) is 0 Å². The summed E-state index contributed by atoms with van der Waals surface area (Å²) in [6.45, 7) is 1.89. The van der Waals surface area contributed by atoms with Gasteiger partial charge in [0, 0.05) is 12.4 Å². The SMILES string of the molecule is CN1C=NN(c2[c-]cccc2)[CH-]1.Fc1c[c-]c(-c2ncccn2)c(F)n1.[Ir+3]. The van der Waals surface area contributed by atoms with Crippen molar-refractivity contribution >= 4 is 12.0 Å². The Hall–Kier alpha value is -2.77. The van der Waals surface area contributed by atoms with E-state index in [4.69, 9.17) is 0 Å². The van der Waals surface area contributed by atoms with Crippen molar-refractivity contribution in [2.24, 2.45) is 5.10 Å². The number of nitrogens with zero attached hydrogens (tertiary/aromatic N) is 6. The molecule has 3 aromatic rings. The van der Waals surface area contributed by atoms with Crippen molar-refractivity contribution in [2.75, 3.05) is 12.1 Å². The molecule has 27 heavy (non-hydrogen) atoms. The Morgan fingerprint density at radius 3 is 2.44 bits per heavy atom. The minimum Gasteiger partial charge on any atom is -0.493 e. The predicted molar refractivity (Wildman–Crippen MR) is 92.3 cm³/mol. The minimum atomic E-state index is -0.962. The molecular formula is C18H13F2IrN6. The molecule has 0 fully saturated rings. The minimum absolute atomic E-state index is 0. The zero-order valence-electron chi connectivity index (χ0n) is 14.0. The second-order valence-corrected chi connectivity index (χ2v) is 5.07. The quantitative estimate of drug-likeness (QED) is 0.368. The summed E-state index contributed by atoms with van der Waals surface area (Å²) < 4.78 is 25.5. The van der Waals surface area contributed by atoms with Crippen LogP contribution < -0.4 is 5.01 Å². The molecule has 0 spiro atoms. The van der Waals surface area contributed by atoms with Crippen molar-refractivity contribution in [3.8, 4) is 11.4 Å². The molecule has 0 radical (unpaired) electrons. The Balaban J connectivity index is 0.000000189. The molecule has 2 aromatic heterocycles. The Kier molecular flexibility index (Phi) is 7.45. The van der Waals surface area contributed by atoms with Gasteiger partial charge in [-0.05, 0) is 13.1 Å². The fraction of sp³-hybridized carbons (Fsp3) is 0.0556. The van der Waals surface area contributed by atoms with Crippen molar-refractivity contribution in [2.45, 2.75) is 0 Å². The first-order valence-corrected chi connectivity index (χ1v) is 7.51. The Labute approximate surface area is 168 Å². The summed E-state index contributed by atoms with van der Waals surface area (Å²) in [6, 6.07) is 15.7. The molecule has 3 heterocycles. The topological polar surface area (TPSA) is 57.5 Å². The summed E-state index contributed by atoms with van der Waals surface area (Å²) in [5.74, 6) is -1.74. The number of pyridine rings is 1. The fourth-order valence-corrected chi connectivity index (χ4v) is 1.98. The number of halogens is 2. The molecule has 0 atom stereocenters. The van der Waals surface area contributed by atoms with E-state index in [1.165, 1.54) is 12.4 Å². The summed E-state index contributed by atoms with van der Waals surface area (Å²) in [6.07, 6.45) is 4.67. The average molecular weight is 544 g/mol. The zero-order chi connectivity index (χ0) is 18.4. The summed E-state index contributed by atoms with van der Waals surface area (Å²) in [5, 5.41) is 5.91. The number of rotatable bonds is 2. The number of hydrogen-bond acceptors (Lipinski definition) is 6. The van der Waals surface area contributed by atoms with Gasteiger partial charge < -0.3 is 9.91 Å². The van der Waals surface area contributed by atoms with E-state index in [1.54, 1.807) is 17.4 Å². The van der Waals surface area contributed by atoms with Crippen LogP contribution in [-0.4, -0.2) is 33.2 Å². The Bertz CT molecular complexity index is 880. The van der Waals surface area contributed by atoms with Crippen molar-refractivity contribution in [1.29, 1.82) is 0 Å². The smallest absolute Gasteiger partial charge is 0.493 e. The molecule has 6 nitrogen and oxygen atoms in total. The summed E-state index contributed by atoms with van der Waals surface area (Å²) >= 11 is 0. The average Bonchev–Trinajstić information content (AvgIpc) is 3.10. The number of hydrogen-bond donors (Lipinski definition) is 0. The molecule has 1 aliphatic heterocycles.